The minimum atomic E-state index is -0.339. The fourth-order valence-corrected chi connectivity index (χ4v) is 1.86. The number of nitrogens with zero attached hydrogens (tertiary/aromatic N) is 2. The first-order valence-corrected chi connectivity index (χ1v) is 6.49. The molecule has 2 rings (SSSR count). The van der Waals surface area contributed by atoms with E-state index in [4.69, 9.17) is 9.47 Å². The van der Waals surface area contributed by atoms with Crippen LogP contribution in [0.25, 0.3) is 0 Å². The van der Waals surface area contributed by atoms with E-state index in [1.165, 1.54) is 6.20 Å². The van der Waals surface area contributed by atoms with Gasteiger partial charge in [-0.1, -0.05) is 24.3 Å². The SMILES string of the molecule is CCOC(=O)c1cnn(Cc2ccc(COC)cc2)c1. The summed E-state index contributed by atoms with van der Waals surface area (Å²) in [6, 6.07) is 8.10. The topological polar surface area (TPSA) is 53.3 Å². The predicted molar refractivity (Wildman–Crippen MR) is 74.4 cm³/mol. The average molecular weight is 274 g/mol. The summed E-state index contributed by atoms with van der Waals surface area (Å²) in [7, 11) is 1.68. The molecule has 5 heteroatoms. The van der Waals surface area contributed by atoms with Crippen molar-refractivity contribution in [1.29, 1.82) is 0 Å². The number of methoxy groups -OCH3 is 1. The molecule has 0 saturated heterocycles. The van der Waals surface area contributed by atoms with Crippen LogP contribution >= 0.6 is 0 Å². The quantitative estimate of drug-likeness (QED) is 0.758. The monoisotopic (exact) mass is 274 g/mol. The van der Waals surface area contributed by atoms with E-state index in [0.717, 1.165) is 11.1 Å². The Hall–Kier alpha value is -2.14. The maximum Gasteiger partial charge on any atom is 0.341 e. The van der Waals surface area contributed by atoms with E-state index in [2.05, 4.69) is 5.10 Å². The molecule has 0 fully saturated rings. The van der Waals surface area contributed by atoms with E-state index in [1.807, 2.05) is 24.3 Å². The predicted octanol–water partition coefficient (Wildman–Crippen LogP) is 2.25. The summed E-state index contributed by atoms with van der Waals surface area (Å²) < 4.78 is 11.7. The third-order valence-corrected chi connectivity index (χ3v) is 2.82. The Bertz CT molecular complexity index is 561. The van der Waals surface area contributed by atoms with Gasteiger partial charge in [0.15, 0.2) is 0 Å². The van der Waals surface area contributed by atoms with Crippen LogP contribution in [-0.2, 0) is 22.6 Å². The fraction of sp³-hybridized carbons (Fsp3) is 0.333. The van der Waals surface area contributed by atoms with Gasteiger partial charge >= 0.3 is 5.97 Å². The minimum Gasteiger partial charge on any atom is -0.462 e. The third-order valence-electron chi connectivity index (χ3n) is 2.82. The molecule has 2 aromatic rings. The highest BCUT2D eigenvalue weighted by molar-refractivity contribution is 5.88. The molecule has 0 atom stereocenters. The van der Waals surface area contributed by atoms with Crippen LogP contribution in [0.5, 0.6) is 0 Å². The molecule has 106 valence electrons. The lowest BCUT2D eigenvalue weighted by atomic mass is 10.1. The molecule has 0 saturated carbocycles. The van der Waals surface area contributed by atoms with Gasteiger partial charge in [-0.2, -0.15) is 5.10 Å². The zero-order chi connectivity index (χ0) is 14.4. The molecule has 0 aliphatic rings. The van der Waals surface area contributed by atoms with Gasteiger partial charge in [-0.25, -0.2) is 4.79 Å². The Labute approximate surface area is 118 Å². The molecular formula is C15H18N2O3. The Morgan fingerprint density at radius 3 is 2.60 bits per heavy atom. The van der Waals surface area contributed by atoms with Gasteiger partial charge in [0.05, 0.1) is 31.5 Å². The number of ether oxygens (including phenoxy) is 2. The lowest BCUT2D eigenvalue weighted by molar-refractivity contribution is 0.0526. The lowest BCUT2D eigenvalue weighted by Crippen LogP contribution is -2.04. The number of benzene rings is 1. The van der Waals surface area contributed by atoms with Crippen molar-refractivity contribution in [3.8, 4) is 0 Å². The van der Waals surface area contributed by atoms with Crippen LogP contribution in [-0.4, -0.2) is 29.5 Å². The second kappa shape index (κ2) is 6.86. The summed E-state index contributed by atoms with van der Waals surface area (Å²) in [5.41, 5.74) is 2.72. The Morgan fingerprint density at radius 1 is 1.25 bits per heavy atom. The number of carbonyl (C=O) groups excluding carboxylic acids is 1. The van der Waals surface area contributed by atoms with Gasteiger partial charge in [-0.15, -0.1) is 0 Å². The van der Waals surface area contributed by atoms with Crippen molar-refractivity contribution in [2.75, 3.05) is 13.7 Å². The first-order valence-electron chi connectivity index (χ1n) is 6.49. The van der Waals surface area contributed by atoms with Gasteiger partial charge in [0.1, 0.15) is 0 Å². The zero-order valence-corrected chi connectivity index (χ0v) is 11.7. The number of hydrogen-bond donors (Lipinski definition) is 0. The van der Waals surface area contributed by atoms with Crippen molar-refractivity contribution in [1.82, 2.24) is 9.78 Å². The molecule has 1 heterocycles. The van der Waals surface area contributed by atoms with Crippen LogP contribution in [0.3, 0.4) is 0 Å². The fourth-order valence-electron chi connectivity index (χ4n) is 1.86. The summed E-state index contributed by atoms with van der Waals surface area (Å²) in [6.45, 7) is 3.37. The van der Waals surface area contributed by atoms with Crippen molar-refractivity contribution in [2.45, 2.75) is 20.1 Å². The summed E-state index contributed by atoms with van der Waals surface area (Å²) in [6.07, 6.45) is 3.22. The zero-order valence-electron chi connectivity index (χ0n) is 11.7. The van der Waals surface area contributed by atoms with E-state index >= 15 is 0 Å². The molecular weight excluding hydrogens is 256 g/mol. The van der Waals surface area contributed by atoms with Crippen LogP contribution in [0.15, 0.2) is 36.7 Å². The van der Waals surface area contributed by atoms with Gasteiger partial charge in [-0.3, -0.25) is 4.68 Å². The van der Waals surface area contributed by atoms with E-state index in [1.54, 1.807) is 24.9 Å². The molecule has 0 aliphatic carbocycles. The Morgan fingerprint density at radius 2 is 1.95 bits per heavy atom. The van der Waals surface area contributed by atoms with Crippen molar-refractivity contribution < 1.29 is 14.3 Å². The number of carbonyl (C=O) groups is 1. The molecule has 20 heavy (non-hydrogen) atoms. The first kappa shape index (κ1) is 14.3. The summed E-state index contributed by atoms with van der Waals surface area (Å²) >= 11 is 0. The maximum atomic E-state index is 11.5. The number of esters is 1. The molecule has 0 spiro atoms. The van der Waals surface area contributed by atoms with Crippen LogP contribution in [0, 0.1) is 0 Å². The molecule has 1 aromatic heterocycles. The van der Waals surface area contributed by atoms with E-state index in [9.17, 15) is 4.79 Å². The van der Waals surface area contributed by atoms with Gasteiger partial charge in [0.25, 0.3) is 0 Å². The summed E-state index contributed by atoms with van der Waals surface area (Å²) in [5, 5.41) is 4.16. The molecule has 0 N–H and O–H groups in total. The van der Waals surface area contributed by atoms with Crippen LogP contribution in [0.4, 0.5) is 0 Å². The molecule has 0 radical (unpaired) electrons. The van der Waals surface area contributed by atoms with Gasteiger partial charge in [-0.05, 0) is 18.1 Å². The Kier molecular flexibility index (Phi) is 4.90. The van der Waals surface area contributed by atoms with E-state index < -0.39 is 0 Å². The van der Waals surface area contributed by atoms with Crippen molar-refractivity contribution in [3.05, 3.63) is 53.3 Å². The highest BCUT2D eigenvalue weighted by Crippen LogP contribution is 2.08. The van der Waals surface area contributed by atoms with E-state index in [0.29, 0.717) is 25.3 Å². The average Bonchev–Trinajstić information content (AvgIpc) is 2.90. The van der Waals surface area contributed by atoms with Crippen LogP contribution in [0.2, 0.25) is 0 Å². The Balaban J connectivity index is 2.01. The molecule has 0 aliphatic heterocycles. The van der Waals surface area contributed by atoms with Gasteiger partial charge < -0.3 is 9.47 Å². The molecule has 1 aromatic carbocycles. The lowest BCUT2D eigenvalue weighted by Gasteiger charge is -2.04. The van der Waals surface area contributed by atoms with Gasteiger partial charge in [0.2, 0.25) is 0 Å². The summed E-state index contributed by atoms with van der Waals surface area (Å²) in [4.78, 5) is 11.5. The van der Waals surface area contributed by atoms with Crippen LogP contribution < -0.4 is 0 Å². The molecule has 0 unspecified atom stereocenters. The maximum absolute atomic E-state index is 11.5. The van der Waals surface area contributed by atoms with E-state index in [-0.39, 0.29) is 5.97 Å². The van der Waals surface area contributed by atoms with Gasteiger partial charge in [0, 0.05) is 13.3 Å². The van der Waals surface area contributed by atoms with Crippen molar-refractivity contribution in [3.63, 3.8) is 0 Å². The molecule has 0 bridgehead atoms. The molecule has 0 amide bonds. The second-order valence-electron chi connectivity index (χ2n) is 4.40. The normalized spacial score (nSPS) is 10.5. The standard InChI is InChI=1S/C15H18N2O3/c1-3-20-15(18)14-8-16-17(10-14)9-12-4-6-13(7-5-12)11-19-2/h4-8,10H,3,9,11H2,1-2H3. The highest BCUT2D eigenvalue weighted by atomic mass is 16.5. The molecule has 5 nitrogen and oxygen atoms in total. The number of rotatable bonds is 6. The van der Waals surface area contributed by atoms with Crippen LogP contribution in [0.1, 0.15) is 28.4 Å². The first-order chi connectivity index (χ1) is 9.72. The highest BCUT2D eigenvalue weighted by Gasteiger charge is 2.09. The summed E-state index contributed by atoms with van der Waals surface area (Å²) in [5.74, 6) is -0.339. The minimum absolute atomic E-state index is 0.339. The van der Waals surface area contributed by atoms with Crippen molar-refractivity contribution >= 4 is 5.97 Å². The third kappa shape index (κ3) is 3.68. The smallest absolute Gasteiger partial charge is 0.341 e. The number of hydrogen-bond acceptors (Lipinski definition) is 4. The second-order valence-corrected chi connectivity index (χ2v) is 4.40. The largest absolute Gasteiger partial charge is 0.462 e. The van der Waals surface area contributed by atoms with Crippen molar-refractivity contribution in [2.24, 2.45) is 0 Å². The number of aromatic nitrogens is 2.